The molecule has 0 saturated heterocycles. The Morgan fingerprint density at radius 2 is 1.41 bits per heavy atom. The molecule has 0 bridgehead atoms. The van der Waals surface area contributed by atoms with Crippen molar-refractivity contribution >= 4 is 78.2 Å². The van der Waals surface area contributed by atoms with Gasteiger partial charge in [0.15, 0.2) is 0 Å². The molecule has 4 aromatic rings. The van der Waals surface area contributed by atoms with E-state index in [-0.39, 0.29) is 23.8 Å². The Bertz CT molecular complexity index is 1550. The summed E-state index contributed by atoms with van der Waals surface area (Å²) < 4.78 is 0. The zero-order valence-corrected chi connectivity index (χ0v) is 25.1. The van der Waals surface area contributed by atoms with Crippen molar-refractivity contribution in [1.82, 2.24) is 24.8 Å². The molecule has 0 fully saturated rings. The van der Waals surface area contributed by atoms with E-state index in [4.69, 9.17) is 28.3 Å². The number of carbonyl (C=O) groups is 2. The van der Waals surface area contributed by atoms with E-state index in [1.54, 1.807) is 11.3 Å². The highest BCUT2D eigenvalue weighted by Crippen LogP contribution is 2.41. The van der Waals surface area contributed by atoms with Gasteiger partial charge < -0.3 is 10.0 Å². The molecule has 12 heteroatoms. The first kappa shape index (κ1) is 28.1. The highest BCUT2D eigenvalue weighted by Gasteiger charge is 2.32. The fourth-order valence-electron chi connectivity index (χ4n) is 5.58. The SMILES string of the molecule is CCN(C(=O)C1CCc2c(sc3ncnc(Cl)c23)C1)C(C)C.O=C(O)C1CCc2c(sc3ncnc(Cl)c23)C1. The lowest BCUT2D eigenvalue weighted by Crippen LogP contribution is -2.42. The van der Waals surface area contributed by atoms with Gasteiger partial charge in [-0.05, 0) is 70.4 Å². The third-order valence-corrected chi connectivity index (χ3v) is 10.4. The number of halogens is 2. The number of fused-ring (bicyclic) bond motifs is 6. The van der Waals surface area contributed by atoms with Crippen molar-refractivity contribution in [2.45, 2.75) is 65.3 Å². The molecular formula is C27H29Cl2N5O3S2. The number of aryl methyl sites for hydroxylation is 2. The Labute approximate surface area is 244 Å². The second kappa shape index (κ2) is 11.6. The Balaban J connectivity index is 0.000000163. The molecular weight excluding hydrogens is 577 g/mol. The summed E-state index contributed by atoms with van der Waals surface area (Å²) in [5.74, 6) is -0.639. The van der Waals surface area contributed by atoms with Crippen molar-refractivity contribution < 1.29 is 14.7 Å². The molecule has 2 unspecified atom stereocenters. The number of carboxylic acids is 1. The van der Waals surface area contributed by atoms with Crippen molar-refractivity contribution in [3.63, 3.8) is 0 Å². The van der Waals surface area contributed by atoms with E-state index in [9.17, 15) is 9.59 Å². The molecule has 6 rings (SSSR count). The van der Waals surface area contributed by atoms with Gasteiger partial charge in [-0.15, -0.1) is 22.7 Å². The molecule has 0 aromatic carbocycles. The van der Waals surface area contributed by atoms with Crippen LogP contribution < -0.4 is 0 Å². The number of carbonyl (C=O) groups excluding carboxylic acids is 1. The molecule has 8 nitrogen and oxygen atoms in total. The normalized spacial score (nSPS) is 18.4. The van der Waals surface area contributed by atoms with Crippen molar-refractivity contribution in [3.8, 4) is 0 Å². The smallest absolute Gasteiger partial charge is 0.306 e. The lowest BCUT2D eigenvalue weighted by atomic mass is 9.87. The molecule has 39 heavy (non-hydrogen) atoms. The topological polar surface area (TPSA) is 109 Å². The summed E-state index contributed by atoms with van der Waals surface area (Å²) in [7, 11) is 0. The summed E-state index contributed by atoms with van der Waals surface area (Å²) in [4.78, 5) is 46.5. The Kier molecular flexibility index (Phi) is 8.37. The maximum atomic E-state index is 12.7. The van der Waals surface area contributed by atoms with E-state index in [0.29, 0.717) is 23.1 Å². The Hall–Kier alpha value is -2.40. The first-order valence-electron chi connectivity index (χ1n) is 13.0. The number of carboxylic acid groups (broad SMARTS) is 1. The molecule has 1 amide bonds. The third-order valence-electron chi connectivity index (χ3n) is 7.54. The van der Waals surface area contributed by atoms with Crippen LogP contribution in [0.15, 0.2) is 12.7 Å². The van der Waals surface area contributed by atoms with Crippen LogP contribution in [0.3, 0.4) is 0 Å². The molecule has 206 valence electrons. The number of thiophene rings is 2. The summed E-state index contributed by atoms with van der Waals surface area (Å²) >= 11 is 15.5. The third kappa shape index (κ3) is 5.49. The monoisotopic (exact) mass is 605 g/mol. The summed E-state index contributed by atoms with van der Waals surface area (Å²) in [6.45, 7) is 6.96. The highest BCUT2D eigenvalue weighted by molar-refractivity contribution is 7.19. The van der Waals surface area contributed by atoms with Gasteiger partial charge in [0.2, 0.25) is 5.91 Å². The quantitative estimate of drug-likeness (QED) is 0.274. The first-order chi connectivity index (χ1) is 18.7. The molecule has 2 aliphatic rings. The van der Waals surface area contributed by atoms with Crippen LogP contribution in [0.25, 0.3) is 20.4 Å². The molecule has 2 aliphatic carbocycles. The van der Waals surface area contributed by atoms with Crippen molar-refractivity contribution in [2.24, 2.45) is 11.8 Å². The average Bonchev–Trinajstić information content (AvgIpc) is 3.47. The molecule has 2 atom stereocenters. The molecule has 0 aliphatic heterocycles. The second-order valence-electron chi connectivity index (χ2n) is 10.1. The van der Waals surface area contributed by atoms with E-state index in [0.717, 1.165) is 63.1 Å². The molecule has 0 spiro atoms. The largest absolute Gasteiger partial charge is 0.481 e. The maximum absolute atomic E-state index is 12.7. The van der Waals surface area contributed by atoms with Gasteiger partial charge in [-0.25, -0.2) is 19.9 Å². The lowest BCUT2D eigenvalue weighted by Gasteiger charge is -2.31. The zero-order chi connectivity index (χ0) is 27.8. The number of aliphatic carboxylic acids is 1. The number of amides is 1. The fourth-order valence-corrected chi connectivity index (χ4v) is 8.72. The van der Waals surface area contributed by atoms with Gasteiger partial charge in [0.1, 0.15) is 32.6 Å². The standard InChI is InChI=1S/C16H20ClN3OS.C11H9ClN2O2S/c1-4-20(9(2)3)16(21)10-5-6-11-12(7-10)22-15-13(11)14(17)18-8-19-15;12-9-8-6-2-1-5(11(15)16)3-7(6)17-10(8)14-4-13-9/h8-10H,4-7H2,1-3H3;4-5H,1-3H2,(H,15,16). The van der Waals surface area contributed by atoms with Crippen LogP contribution in [0.4, 0.5) is 0 Å². The predicted molar refractivity (Wildman–Crippen MR) is 156 cm³/mol. The summed E-state index contributed by atoms with van der Waals surface area (Å²) in [5.41, 5.74) is 2.40. The summed E-state index contributed by atoms with van der Waals surface area (Å²) in [5, 5.41) is 12.0. The predicted octanol–water partition coefficient (Wildman–Crippen LogP) is 6.24. The first-order valence-corrected chi connectivity index (χ1v) is 15.4. The van der Waals surface area contributed by atoms with Crippen molar-refractivity contribution in [3.05, 3.63) is 43.8 Å². The minimum absolute atomic E-state index is 0.0784. The van der Waals surface area contributed by atoms with E-state index in [1.807, 2.05) is 11.8 Å². The Morgan fingerprint density at radius 1 is 0.923 bits per heavy atom. The molecule has 4 heterocycles. The second-order valence-corrected chi connectivity index (χ2v) is 13.0. The summed E-state index contributed by atoms with van der Waals surface area (Å²) in [6, 6.07) is 0.251. The van der Waals surface area contributed by atoms with Gasteiger partial charge in [0.25, 0.3) is 0 Å². The average molecular weight is 607 g/mol. The maximum Gasteiger partial charge on any atom is 0.306 e. The number of hydrogen-bond acceptors (Lipinski definition) is 8. The minimum Gasteiger partial charge on any atom is -0.481 e. The zero-order valence-electron chi connectivity index (χ0n) is 21.9. The van der Waals surface area contributed by atoms with Crippen molar-refractivity contribution in [2.75, 3.05) is 6.54 Å². The van der Waals surface area contributed by atoms with Gasteiger partial charge in [-0.1, -0.05) is 23.2 Å². The Morgan fingerprint density at radius 3 is 1.87 bits per heavy atom. The highest BCUT2D eigenvalue weighted by atomic mass is 35.5. The fraction of sp³-hybridized carbons (Fsp3) is 0.481. The van der Waals surface area contributed by atoms with Gasteiger partial charge >= 0.3 is 5.97 Å². The van der Waals surface area contributed by atoms with Gasteiger partial charge in [-0.2, -0.15) is 0 Å². The van der Waals surface area contributed by atoms with Crippen LogP contribution >= 0.6 is 45.9 Å². The van der Waals surface area contributed by atoms with Crippen LogP contribution in [0, 0.1) is 11.8 Å². The van der Waals surface area contributed by atoms with Gasteiger partial charge in [-0.3, -0.25) is 9.59 Å². The minimum atomic E-state index is -0.717. The number of hydrogen-bond donors (Lipinski definition) is 1. The van der Waals surface area contributed by atoms with Crippen LogP contribution in [0.2, 0.25) is 10.3 Å². The lowest BCUT2D eigenvalue weighted by molar-refractivity contribution is -0.142. The molecule has 0 saturated carbocycles. The van der Waals surface area contributed by atoms with Crippen molar-refractivity contribution in [1.29, 1.82) is 0 Å². The summed E-state index contributed by atoms with van der Waals surface area (Å²) in [6.07, 6.45) is 7.52. The molecule has 1 N–H and O–H groups in total. The number of aromatic nitrogens is 4. The molecule has 4 aromatic heterocycles. The van der Waals surface area contributed by atoms with E-state index >= 15 is 0 Å². The van der Waals surface area contributed by atoms with E-state index in [2.05, 4.69) is 33.8 Å². The van der Waals surface area contributed by atoms with Crippen LogP contribution in [-0.4, -0.2) is 54.4 Å². The van der Waals surface area contributed by atoms with Crippen LogP contribution in [0.5, 0.6) is 0 Å². The van der Waals surface area contributed by atoms with Gasteiger partial charge in [0.05, 0.1) is 16.7 Å². The van der Waals surface area contributed by atoms with E-state index < -0.39 is 5.97 Å². The van der Waals surface area contributed by atoms with E-state index in [1.165, 1.54) is 34.4 Å². The number of nitrogens with zero attached hydrogens (tertiary/aromatic N) is 5. The van der Waals surface area contributed by atoms with Crippen LogP contribution in [-0.2, 0) is 35.3 Å². The van der Waals surface area contributed by atoms with Crippen LogP contribution in [0.1, 0.15) is 54.5 Å². The molecule has 0 radical (unpaired) electrons. The number of rotatable bonds is 4. The van der Waals surface area contributed by atoms with Gasteiger partial charge in [0, 0.05) is 28.3 Å².